The van der Waals surface area contributed by atoms with Crippen molar-refractivity contribution in [3.63, 3.8) is 0 Å². The van der Waals surface area contributed by atoms with Gasteiger partial charge in [0.25, 0.3) is 0 Å². The first-order chi connectivity index (χ1) is 10.7. The molecule has 22 heavy (non-hydrogen) atoms. The zero-order chi connectivity index (χ0) is 14.8. The van der Waals surface area contributed by atoms with Crippen LogP contribution in [0.5, 0.6) is 0 Å². The summed E-state index contributed by atoms with van der Waals surface area (Å²) in [4.78, 5) is 16.5. The molecule has 3 aliphatic rings. The highest BCUT2D eigenvalue weighted by molar-refractivity contribution is 8.00. The predicted molar refractivity (Wildman–Crippen MR) is 91.9 cm³/mol. The van der Waals surface area contributed by atoms with E-state index in [-0.39, 0.29) is 4.87 Å². The minimum Gasteiger partial charge on any atom is -0.307 e. The molecule has 5 rings (SSSR count). The molecule has 1 aromatic heterocycles. The fraction of sp³-hybridized carbons (Fsp3) is 0.500. The molecule has 0 saturated heterocycles. The van der Waals surface area contributed by atoms with Crippen LogP contribution in [0.1, 0.15) is 41.2 Å². The van der Waals surface area contributed by atoms with Crippen molar-refractivity contribution in [1.82, 2.24) is 4.98 Å². The molecule has 2 aliphatic carbocycles. The van der Waals surface area contributed by atoms with E-state index in [1.54, 1.807) is 0 Å². The van der Waals surface area contributed by atoms with Crippen LogP contribution in [0.2, 0.25) is 0 Å². The highest BCUT2D eigenvalue weighted by Crippen LogP contribution is 2.63. The molecule has 114 valence electrons. The van der Waals surface area contributed by atoms with E-state index in [4.69, 9.17) is 0 Å². The fourth-order valence-corrected chi connectivity index (χ4v) is 7.89. The van der Waals surface area contributed by atoms with E-state index in [2.05, 4.69) is 36.2 Å². The summed E-state index contributed by atoms with van der Waals surface area (Å²) in [5, 5.41) is 1.87. The summed E-state index contributed by atoms with van der Waals surface area (Å²) in [5.74, 6) is 2.88. The second-order valence-electron chi connectivity index (χ2n) is 7.09. The SMILES string of the molecule is Cc1ccc([C@@H]2c3sc(=O)[nH]c3S[C@H]3[C@H]4CC[C@@H](C4)[C@@H]23)cc1. The second kappa shape index (κ2) is 4.75. The minimum absolute atomic E-state index is 0.113. The zero-order valence-corrected chi connectivity index (χ0v) is 14.2. The summed E-state index contributed by atoms with van der Waals surface area (Å²) >= 11 is 3.41. The molecular formula is C18H19NOS2. The summed E-state index contributed by atoms with van der Waals surface area (Å²) < 4.78 is 0. The average Bonchev–Trinajstić information content (AvgIpc) is 3.19. The van der Waals surface area contributed by atoms with Gasteiger partial charge in [-0.25, -0.2) is 0 Å². The lowest BCUT2D eigenvalue weighted by Crippen LogP contribution is -2.33. The monoisotopic (exact) mass is 329 g/mol. The number of aromatic nitrogens is 1. The molecular weight excluding hydrogens is 310 g/mol. The number of fused-ring (bicyclic) bond motifs is 6. The number of hydrogen-bond donors (Lipinski definition) is 1. The van der Waals surface area contributed by atoms with Gasteiger partial charge in [-0.1, -0.05) is 41.2 Å². The van der Waals surface area contributed by atoms with E-state index in [1.165, 1.54) is 46.6 Å². The Balaban J connectivity index is 1.68. The maximum atomic E-state index is 11.9. The predicted octanol–water partition coefficient (Wildman–Crippen LogP) is 4.40. The van der Waals surface area contributed by atoms with Gasteiger partial charge >= 0.3 is 4.87 Å². The van der Waals surface area contributed by atoms with Crippen molar-refractivity contribution in [3.8, 4) is 0 Å². The van der Waals surface area contributed by atoms with Gasteiger partial charge in [-0.3, -0.25) is 4.79 Å². The van der Waals surface area contributed by atoms with Gasteiger partial charge in [0.15, 0.2) is 0 Å². The molecule has 0 radical (unpaired) electrons. The molecule has 2 heterocycles. The van der Waals surface area contributed by atoms with E-state index >= 15 is 0 Å². The van der Waals surface area contributed by atoms with Crippen LogP contribution in [-0.2, 0) is 0 Å². The third kappa shape index (κ3) is 1.83. The summed E-state index contributed by atoms with van der Waals surface area (Å²) in [5.41, 5.74) is 2.71. The summed E-state index contributed by atoms with van der Waals surface area (Å²) in [6, 6.07) is 9.00. The van der Waals surface area contributed by atoms with Crippen molar-refractivity contribution in [2.24, 2.45) is 17.8 Å². The lowest BCUT2D eigenvalue weighted by atomic mass is 9.75. The molecule has 0 unspecified atom stereocenters. The van der Waals surface area contributed by atoms with Gasteiger partial charge in [0.1, 0.15) is 0 Å². The molecule has 2 fully saturated rings. The smallest absolute Gasteiger partial charge is 0.305 e. The van der Waals surface area contributed by atoms with Gasteiger partial charge in [0.2, 0.25) is 0 Å². The highest BCUT2D eigenvalue weighted by atomic mass is 32.2. The minimum atomic E-state index is 0.113. The van der Waals surface area contributed by atoms with Gasteiger partial charge < -0.3 is 4.98 Å². The highest BCUT2D eigenvalue weighted by Gasteiger charge is 2.54. The number of aromatic amines is 1. The van der Waals surface area contributed by atoms with Crippen molar-refractivity contribution in [1.29, 1.82) is 0 Å². The van der Waals surface area contributed by atoms with Crippen molar-refractivity contribution in [2.45, 2.75) is 42.4 Å². The second-order valence-corrected chi connectivity index (χ2v) is 9.29. The van der Waals surface area contributed by atoms with Crippen LogP contribution < -0.4 is 4.87 Å². The third-order valence-electron chi connectivity index (χ3n) is 5.90. The topological polar surface area (TPSA) is 32.9 Å². The molecule has 2 aromatic rings. The molecule has 1 N–H and O–H groups in total. The van der Waals surface area contributed by atoms with E-state index in [9.17, 15) is 4.79 Å². The summed E-state index contributed by atoms with van der Waals surface area (Å²) in [6.45, 7) is 2.14. The van der Waals surface area contributed by atoms with Crippen LogP contribution in [0.25, 0.3) is 0 Å². The number of benzene rings is 1. The van der Waals surface area contributed by atoms with Gasteiger partial charge in [-0.05, 0) is 49.5 Å². The Morgan fingerprint density at radius 2 is 1.91 bits per heavy atom. The van der Waals surface area contributed by atoms with Crippen LogP contribution in [-0.4, -0.2) is 10.2 Å². The Hall–Kier alpha value is -1.000. The fourth-order valence-electron chi connectivity index (χ4n) is 5.00. The number of rotatable bonds is 1. The molecule has 0 amide bonds. The van der Waals surface area contributed by atoms with Crippen LogP contribution in [0.15, 0.2) is 34.1 Å². The first-order valence-corrected chi connectivity index (χ1v) is 9.86. The molecule has 2 saturated carbocycles. The van der Waals surface area contributed by atoms with Crippen molar-refractivity contribution < 1.29 is 0 Å². The maximum absolute atomic E-state index is 11.9. The molecule has 2 nitrogen and oxygen atoms in total. The number of hydrogen-bond acceptors (Lipinski definition) is 3. The standard InChI is InChI=1S/C18H19NOS2/c1-9-2-4-10(5-3-9)13-14-11-6-7-12(8-11)15(14)21-17-16(13)22-18(20)19-17/h2-5,11-15H,6-8H2,1H3,(H,19,20)/t11-,12-,13-,14-,15-/m0/s1. The van der Waals surface area contributed by atoms with Gasteiger partial charge in [-0.15, -0.1) is 11.8 Å². The van der Waals surface area contributed by atoms with Gasteiger partial charge in [0.05, 0.1) is 5.03 Å². The van der Waals surface area contributed by atoms with Gasteiger partial charge in [-0.2, -0.15) is 0 Å². The molecule has 1 aromatic carbocycles. The Morgan fingerprint density at radius 1 is 1.14 bits per heavy atom. The Bertz CT molecular complexity index is 775. The normalized spacial score (nSPS) is 35.4. The zero-order valence-electron chi connectivity index (χ0n) is 12.5. The van der Waals surface area contributed by atoms with Gasteiger partial charge in [0, 0.05) is 16.0 Å². The largest absolute Gasteiger partial charge is 0.307 e. The van der Waals surface area contributed by atoms with Crippen molar-refractivity contribution >= 4 is 23.1 Å². The van der Waals surface area contributed by atoms with Crippen LogP contribution >= 0.6 is 23.1 Å². The van der Waals surface area contributed by atoms with Crippen LogP contribution in [0, 0.1) is 24.7 Å². The third-order valence-corrected chi connectivity index (χ3v) is 8.53. The molecule has 1 aliphatic heterocycles. The number of nitrogens with one attached hydrogen (secondary N) is 1. The van der Waals surface area contributed by atoms with Crippen LogP contribution in [0.4, 0.5) is 0 Å². The Morgan fingerprint density at radius 3 is 2.73 bits per heavy atom. The average molecular weight is 329 g/mol. The van der Waals surface area contributed by atoms with Crippen molar-refractivity contribution in [2.75, 3.05) is 0 Å². The molecule has 2 bridgehead atoms. The quantitative estimate of drug-likeness (QED) is 0.841. The first kappa shape index (κ1) is 13.4. The summed E-state index contributed by atoms with van der Waals surface area (Å²) in [6.07, 6.45) is 4.19. The number of aryl methyl sites for hydroxylation is 1. The van der Waals surface area contributed by atoms with Crippen LogP contribution in [0.3, 0.4) is 0 Å². The molecule has 5 atom stereocenters. The maximum Gasteiger partial charge on any atom is 0.305 e. The van der Waals surface area contributed by atoms with E-state index in [0.29, 0.717) is 11.2 Å². The molecule has 4 heteroatoms. The van der Waals surface area contributed by atoms with E-state index in [0.717, 1.165) is 22.8 Å². The first-order valence-electron chi connectivity index (χ1n) is 8.17. The Labute approximate surface area is 138 Å². The lowest BCUT2D eigenvalue weighted by molar-refractivity contribution is 0.307. The number of thiazole rings is 1. The van der Waals surface area contributed by atoms with E-state index in [1.807, 2.05) is 11.8 Å². The molecule has 0 spiro atoms. The number of thioether (sulfide) groups is 1. The lowest BCUT2D eigenvalue weighted by Gasteiger charge is -2.40. The Kier molecular flexibility index (Phi) is 2.90. The number of H-pyrrole nitrogens is 1. The summed E-state index contributed by atoms with van der Waals surface area (Å²) in [7, 11) is 0. The van der Waals surface area contributed by atoms with Crippen molar-refractivity contribution in [3.05, 3.63) is 49.9 Å². The van der Waals surface area contributed by atoms with E-state index < -0.39 is 0 Å².